The Hall–Kier alpha value is -3.92. The molecule has 1 unspecified atom stereocenters. The van der Waals surface area contributed by atoms with Gasteiger partial charge in [-0.1, -0.05) is 87.9 Å². The van der Waals surface area contributed by atoms with E-state index in [-0.39, 0.29) is 5.41 Å². The molecule has 0 heterocycles. The Labute approximate surface area is 238 Å². The molecule has 40 heavy (non-hydrogen) atoms. The molecule has 0 aliphatic rings. The zero-order valence-electron chi connectivity index (χ0n) is 24.5. The maximum Gasteiger partial charge on any atom is 0.344 e. The Bertz CT molecular complexity index is 1480. The number of carbonyl (C=O) groups excluding carboxylic acids is 2. The number of carbonyl (C=O) groups is 2. The van der Waals surface area contributed by atoms with Crippen LogP contribution in [0.2, 0.25) is 0 Å². The predicted octanol–water partition coefficient (Wildman–Crippen LogP) is 9.07. The highest BCUT2D eigenvalue weighted by Gasteiger charge is 2.24. The molecule has 1 atom stereocenters. The van der Waals surface area contributed by atoms with Crippen molar-refractivity contribution in [3.8, 4) is 5.75 Å². The molecular weight excluding hydrogens is 496 g/mol. The predicted molar refractivity (Wildman–Crippen MR) is 162 cm³/mol. The molecular formula is C36H40O4. The summed E-state index contributed by atoms with van der Waals surface area (Å²) in [5.74, 6) is -0.418. The van der Waals surface area contributed by atoms with Crippen molar-refractivity contribution in [1.82, 2.24) is 0 Å². The van der Waals surface area contributed by atoms with E-state index in [1.54, 1.807) is 12.1 Å². The van der Waals surface area contributed by atoms with Crippen LogP contribution in [0.3, 0.4) is 0 Å². The van der Waals surface area contributed by atoms with E-state index in [1.807, 2.05) is 69.3 Å². The van der Waals surface area contributed by atoms with Crippen LogP contribution in [0.1, 0.15) is 98.2 Å². The minimum absolute atomic E-state index is 0.222. The third-order valence-corrected chi connectivity index (χ3v) is 7.54. The Morgan fingerprint density at radius 1 is 0.675 bits per heavy atom. The molecule has 4 rings (SSSR count). The van der Waals surface area contributed by atoms with Crippen LogP contribution >= 0.6 is 0 Å². The number of ether oxygens (including phenoxy) is 2. The van der Waals surface area contributed by atoms with Crippen LogP contribution in [0.5, 0.6) is 5.75 Å². The van der Waals surface area contributed by atoms with Gasteiger partial charge in [0.15, 0.2) is 0 Å². The van der Waals surface area contributed by atoms with Crippen molar-refractivity contribution < 1.29 is 19.1 Å². The molecule has 0 bridgehead atoms. The fraction of sp³-hybridized carbons (Fsp3) is 0.333. The second-order valence-corrected chi connectivity index (χ2v) is 11.8. The van der Waals surface area contributed by atoms with Gasteiger partial charge in [0.2, 0.25) is 0 Å². The molecule has 4 nitrogen and oxygen atoms in total. The normalized spacial score (nSPS) is 13.1. The summed E-state index contributed by atoms with van der Waals surface area (Å²) < 4.78 is 11.3. The highest BCUT2D eigenvalue weighted by Crippen LogP contribution is 2.33. The fourth-order valence-electron chi connectivity index (χ4n) is 5.16. The van der Waals surface area contributed by atoms with Gasteiger partial charge < -0.3 is 9.47 Å². The zero-order chi connectivity index (χ0) is 28.9. The lowest BCUT2D eigenvalue weighted by atomic mass is 9.76. The molecule has 0 aliphatic carbocycles. The van der Waals surface area contributed by atoms with Gasteiger partial charge in [-0.05, 0) is 97.2 Å². The van der Waals surface area contributed by atoms with Crippen LogP contribution in [-0.2, 0) is 16.6 Å². The summed E-state index contributed by atoms with van der Waals surface area (Å²) >= 11 is 0. The lowest BCUT2D eigenvalue weighted by Gasteiger charge is -2.28. The van der Waals surface area contributed by atoms with Crippen molar-refractivity contribution in [2.75, 3.05) is 0 Å². The first-order chi connectivity index (χ1) is 19.0. The average Bonchev–Trinajstić information content (AvgIpc) is 2.93. The van der Waals surface area contributed by atoms with Gasteiger partial charge in [-0.3, -0.25) is 0 Å². The van der Waals surface area contributed by atoms with Crippen molar-refractivity contribution in [2.24, 2.45) is 0 Å². The maximum absolute atomic E-state index is 13.2. The number of fused-ring (bicyclic) bond motifs is 1. The number of rotatable bonds is 9. The molecule has 0 aliphatic heterocycles. The molecule has 4 aromatic rings. The lowest BCUT2D eigenvalue weighted by Crippen LogP contribution is -2.24. The lowest BCUT2D eigenvalue weighted by molar-refractivity contribution is 0.00715. The Morgan fingerprint density at radius 2 is 1.20 bits per heavy atom. The molecule has 0 N–H and O–H groups in total. The van der Waals surface area contributed by atoms with Crippen LogP contribution in [0, 0.1) is 0 Å². The standard InChI is InChI=1S/C36H40O4/c1-7-23-36(6,8-2)27-17-13-25(14-18-27)24-26-15-19-28(20-16-26)39-33(37)31-21-22-32(34(38)40-35(3,4)5)30-12-10-9-11-29(30)31/h9-22H,7-8,23-24H2,1-6H3. The molecule has 0 spiro atoms. The Kier molecular flexibility index (Phi) is 8.78. The number of hydrogen-bond donors (Lipinski definition) is 0. The second-order valence-electron chi connectivity index (χ2n) is 11.8. The van der Waals surface area contributed by atoms with Gasteiger partial charge in [0.25, 0.3) is 0 Å². The average molecular weight is 537 g/mol. The minimum atomic E-state index is -0.615. The first-order valence-corrected chi connectivity index (χ1v) is 14.2. The summed E-state index contributed by atoms with van der Waals surface area (Å²) in [6, 6.07) is 27.2. The first-order valence-electron chi connectivity index (χ1n) is 14.2. The van der Waals surface area contributed by atoms with E-state index in [9.17, 15) is 9.59 Å². The summed E-state index contributed by atoms with van der Waals surface area (Å²) in [6.45, 7) is 12.3. The van der Waals surface area contributed by atoms with Crippen molar-refractivity contribution in [3.05, 3.63) is 113 Å². The van der Waals surface area contributed by atoms with E-state index in [1.165, 1.54) is 24.0 Å². The van der Waals surface area contributed by atoms with Crippen LogP contribution in [0.4, 0.5) is 0 Å². The number of hydrogen-bond acceptors (Lipinski definition) is 4. The largest absolute Gasteiger partial charge is 0.456 e. The third kappa shape index (κ3) is 6.80. The van der Waals surface area contributed by atoms with Gasteiger partial charge in [0, 0.05) is 0 Å². The fourth-order valence-corrected chi connectivity index (χ4v) is 5.16. The monoisotopic (exact) mass is 536 g/mol. The summed E-state index contributed by atoms with van der Waals surface area (Å²) in [6.07, 6.45) is 4.30. The van der Waals surface area contributed by atoms with E-state index in [2.05, 4.69) is 45.0 Å². The SMILES string of the molecule is CCCC(C)(CC)c1ccc(Cc2ccc(OC(=O)c3ccc(C(=O)OC(C)(C)C)c4ccccc34)cc2)cc1. The van der Waals surface area contributed by atoms with E-state index >= 15 is 0 Å². The second kappa shape index (κ2) is 12.1. The topological polar surface area (TPSA) is 52.6 Å². The highest BCUT2D eigenvalue weighted by atomic mass is 16.6. The van der Waals surface area contributed by atoms with Crippen molar-refractivity contribution >= 4 is 22.7 Å². The number of benzene rings is 4. The van der Waals surface area contributed by atoms with Crippen LogP contribution < -0.4 is 4.74 Å². The molecule has 4 aromatic carbocycles. The van der Waals surface area contributed by atoms with Crippen LogP contribution in [0.15, 0.2) is 84.9 Å². The molecule has 0 saturated carbocycles. The molecule has 4 heteroatoms. The van der Waals surface area contributed by atoms with Gasteiger partial charge in [-0.15, -0.1) is 0 Å². The van der Waals surface area contributed by atoms with E-state index < -0.39 is 17.5 Å². The first kappa shape index (κ1) is 29.1. The van der Waals surface area contributed by atoms with Gasteiger partial charge in [0.05, 0.1) is 11.1 Å². The number of esters is 2. The molecule has 0 radical (unpaired) electrons. The Morgan fingerprint density at radius 3 is 1.70 bits per heavy atom. The minimum Gasteiger partial charge on any atom is -0.456 e. The van der Waals surface area contributed by atoms with Crippen molar-refractivity contribution in [3.63, 3.8) is 0 Å². The summed E-state index contributed by atoms with van der Waals surface area (Å²) in [5, 5.41) is 1.30. The Balaban J connectivity index is 1.47. The van der Waals surface area contributed by atoms with Gasteiger partial charge in [-0.25, -0.2) is 9.59 Å². The quantitative estimate of drug-likeness (QED) is 0.158. The van der Waals surface area contributed by atoms with Crippen molar-refractivity contribution in [2.45, 2.75) is 78.2 Å². The molecule has 0 saturated heterocycles. The smallest absolute Gasteiger partial charge is 0.344 e. The highest BCUT2D eigenvalue weighted by molar-refractivity contribution is 6.12. The maximum atomic E-state index is 13.2. The molecule has 0 aromatic heterocycles. The third-order valence-electron chi connectivity index (χ3n) is 7.54. The van der Waals surface area contributed by atoms with Gasteiger partial charge >= 0.3 is 11.9 Å². The summed E-state index contributed by atoms with van der Waals surface area (Å²) in [4.78, 5) is 25.9. The van der Waals surface area contributed by atoms with E-state index in [0.717, 1.165) is 18.4 Å². The van der Waals surface area contributed by atoms with E-state index in [0.29, 0.717) is 27.6 Å². The molecule has 208 valence electrons. The van der Waals surface area contributed by atoms with Gasteiger partial charge in [0.1, 0.15) is 11.4 Å². The molecule has 0 amide bonds. The van der Waals surface area contributed by atoms with Crippen molar-refractivity contribution in [1.29, 1.82) is 0 Å². The van der Waals surface area contributed by atoms with Gasteiger partial charge in [-0.2, -0.15) is 0 Å². The summed E-state index contributed by atoms with van der Waals surface area (Å²) in [7, 11) is 0. The van der Waals surface area contributed by atoms with Crippen LogP contribution in [0.25, 0.3) is 10.8 Å². The van der Waals surface area contributed by atoms with Crippen LogP contribution in [-0.4, -0.2) is 17.5 Å². The zero-order valence-corrected chi connectivity index (χ0v) is 24.5. The summed E-state index contributed by atoms with van der Waals surface area (Å²) in [5.41, 5.74) is 4.22. The molecule has 0 fully saturated rings. The van der Waals surface area contributed by atoms with E-state index in [4.69, 9.17) is 9.47 Å².